The van der Waals surface area contributed by atoms with Gasteiger partial charge >= 0.3 is 6.03 Å². The molecule has 0 saturated heterocycles. The fourth-order valence-corrected chi connectivity index (χ4v) is 9.32. The van der Waals surface area contributed by atoms with E-state index in [4.69, 9.17) is 10.5 Å². The van der Waals surface area contributed by atoms with E-state index < -0.39 is 92.9 Å². The van der Waals surface area contributed by atoms with Gasteiger partial charge in [0.2, 0.25) is 35.9 Å². The van der Waals surface area contributed by atoms with Crippen LogP contribution in [0.3, 0.4) is 0 Å². The molecule has 432 valence electrons. The number of nitrogens with two attached hydrogens (primary N) is 1. The second kappa shape index (κ2) is 31.0. The smallest absolute Gasteiger partial charge is 0.312 e. The van der Waals surface area contributed by atoms with Gasteiger partial charge in [-0.05, 0) is 86.4 Å². The molecular weight excluding hydrogens is 1020 g/mol. The van der Waals surface area contributed by atoms with Crippen LogP contribution < -0.4 is 42.4 Å². The van der Waals surface area contributed by atoms with Crippen LogP contribution in [0.5, 0.6) is 0 Å². The van der Waals surface area contributed by atoms with Crippen LogP contribution in [-0.2, 0) is 65.9 Å². The zero-order valence-corrected chi connectivity index (χ0v) is 48.9. The Kier molecular flexibility index (Phi) is 26.7. The Morgan fingerprint density at radius 3 is 2.05 bits per heavy atom. The maximum Gasteiger partial charge on any atom is 0.312 e. The van der Waals surface area contributed by atoms with Crippen molar-refractivity contribution in [3.63, 3.8) is 0 Å². The number of anilines is 1. The van der Waals surface area contributed by atoms with Gasteiger partial charge in [0.1, 0.15) is 12.1 Å². The zero-order valence-electron chi connectivity index (χ0n) is 48.1. The summed E-state index contributed by atoms with van der Waals surface area (Å²) in [6, 6.07) is 10.8. The first-order chi connectivity index (χ1) is 36.3. The van der Waals surface area contributed by atoms with Crippen molar-refractivity contribution in [2.24, 2.45) is 22.0 Å². The van der Waals surface area contributed by atoms with Gasteiger partial charge < -0.3 is 47.3 Å². The van der Waals surface area contributed by atoms with Crippen molar-refractivity contribution in [2.45, 2.75) is 137 Å². The minimum atomic E-state index is -2.05. The van der Waals surface area contributed by atoms with Crippen LogP contribution >= 0.6 is 0 Å². The fraction of sp³-hybridized carbons (Fsp3) is 0.554. The minimum Gasteiger partial charge on any atom is -0.380 e. The van der Waals surface area contributed by atoms with Gasteiger partial charge in [0.05, 0.1) is 30.7 Å². The Morgan fingerprint density at radius 2 is 1.47 bits per heavy atom. The number of ether oxygens (including phenoxy) is 1. The number of primary amides is 1. The highest BCUT2D eigenvalue weighted by Gasteiger charge is 2.41. The summed E-state index contributed by atoms with van der Waals surface area (Å²) in [7, 11) is 1.22. The number of nitrogens with zero attached hydrogens (tertiary/aromatic N) is 2. The number of amides is 10. The lowest BCUT2D eigenvalue weighted by Gasteiger charge is -2.38. The highest BCUT2D eigenvalue weighted by Crippen LogP contribution is 2.29. The molecule has 0 radical (unpaired) electrons. The normalized spacial score (nSPS) is 13.7. The molecule has 0 aliphatic heterocycles. The number of allylic oxidation sites excluding steroid dienone is 1. The van der Waals surface area contributed by atoms with Crippen LogP contribution in [0.2, 0.25) is 0 Å². The van der Waals surface area contributed by atoms with Crippen LogP contribution in [0.15, 0.2) is 77.2 Å². The molecule has 2 aromatic carbocycles. The van der Waals surface area contributed by atoms with E-state index in [1.807, 2.05) is 92.6 Å². The number of nitrogens with one attached hydrogen (secondary N) is 7. The number of hydrogen-bond donors (Lipinski definition) is 8. The lowest BCUT2D eigenvalue weighted by atomic mass is 9.76. The van der Waals surface area contributed by atoms with Crippen LogP contribution in [0.25, 0.3) is 0 Å². The summed E-state index contributed by atoms with van der Waals surface area (Å²) >= 11 is 0. The second-order valence-corrected chi connectivity index (χ2v) is 23.7. The quantitative estimate of drug-likeness (QED) is 0.0303. The summed E-state index contributed by atoms with van der Waals surface area (Å²) in [6.45, 7) is 21.9. The van der Waals surface area contributed by atoms with Gasteiger partial charge in [-0.15, -0.1) is 0 Å². The van der Waals surface area contributed by atoms with E-state index in [0.29, 0.717) is 24.1 Å². The molecular formula is C56H86N10O11S. The third kappa shape index (κ3) is 22.3. The van der Waals surface area contributed by atoms with Crippen molar-refractivity contribution in [1.82, 2.24) is 41.1 Å². The third-order valence-corrected chi connectivity index (χ3v) is 13.9. The summed E-state index contributed by atoms with van der Waals surface area (Å²) in [5.41, 5.74) is 4.63. The molecule has 4 atom stereocenters. The predicted octanol–water partition coefficient (Wildman–Crippen LogP) is 3.90. The largest absolute Gasteiger partial charge is 0.380 e. The highest BCUT2D eigenvalue weighted by atomic mass is 32.2. The monoisotopic (exact) mass is 1110 g/mol. The Morgan fingerprint density at radius 1 is 0.833 bits per heavy atom. The van der Waals surface area contributed by atoms with E-state index in [2.05, 4.69) is 36.6 Å². The van der Waals surface area contributed by atoms with Crippen LogP contribution in [0, 0.1) is 16.2 Å². The molecule has 21 nitrogen and oxygen atoms in total. The van der Waals surface area contributed by atoms with E-state index in [1.54, 1.807) is 40.1 Å². The molecule has 0 aromatic heterocycles. The Labute approximate surface area is 463 Å². The molecule has 10 amide bonds. The molecule has 0 bridgehead atoms. The van der Waals surface area contributed by atoms with Crippen molar-refractivity contribution in [3.05, 3.63) is 83.5 Å². The third-order valence-electron chi connectivity index (χ3n) is 12.7. The molecule has 0 spiro atoms. The lowest BCUT2D eigenvalue weighted by Crippen LogP contribution is -2.60. The van der Waals surface area contributed by atoms with Crippen molar-refractivity contribution < 1.29 is 52.1 Å². The number of rotatable bonds is 31. The molecule has 78 heavy (non-hydrogen) atoms. The van der Waals surface area contributed by atoms with Crippen LogP contribution in [0.4, 0.5) is 10.5 Å². The van der Waals surface area contributed by atoms with Crippen LogP contribution in [-0.4, -0.2) is 139 Å². The average Bonchev–Trinajstić information content (AvgIpc) is 3.36. The number of benzene rings is 2. The van der Waals surface area contributed by atoms with E-state index in [0.717, 1.165) is 10.5 Å². The van der Waals surface area contributed by atoms with Gasteiger partial charge in [0, 0.05) is 55.2 Å². The first kappa shape index (κ1) is 67.3. The van der Waals surface area contributed by atoms with E-state index >= 15 is 0 Å². The van der Waals surface area contributed by atoms with Crippen molar-refractivity contribution in [3.8, 4) is 0 Å². The number of imide groups is 1. The summed E-state index contributed by atoms with van der Waals surface area (Å²) in [5, 5.41) is 16.6. The highest BCUT2D eigenvalue weighted by molar-refractivity contribution is 7.83. The molecule has 0 aliphatic rings. The first-order valence-electron chi connectivity index (χ1n) is 26.0. The van der Waals surface area contributed by atoms with Crippen molar-refractivity contribution >= 4 is 70.5 Å². The molecule has 22 heteroatoms. The van der Waals surface area contributed by atoms with Gasteiger partial charge in [-0.2, -0.15) is 0 Å². The molecule has 0 saturated carbocycles. The first-order valence-corrected chi connectivity index (χ1v) is 27.1. The number of carbonyl (C=O) groups is 9. The number of hydrogen-bond acceptors (Lipinski definition) is 12. The zero-order chi connectivity index (χ0) is 59.2. The predicted molar refractivity (Wildman–Crippen MR) is 301 cm³/mol. The summed E-state index contributed by atoms with van der Waals surface area (Å²) in [4.78, 5) is 119. The molecule has 9 N–H and O–H groups in total. The van der Waals surface area contributed by atoms with E-state index in [9.17, 15) is 47.4 Å². The Balaban J connectivity index is 2.10. The Bertz CT molecular complexity index is 2510. The number of carbonyl (C=O) groups excluding carboxylic acids is 9. The standard InChI is InChI=1S/C56H86N10O11S/c1-15-21-45(70)66(36-67)33-55(9,10)35-77-34-54(7,8)31-43(68)60-32-44(69)62-41(24-20-28-59-52(57)75)49(72)61-40-25-26-42(38(16-2)30-40)78(76)64-48(71)37(3)27-29-65(14)51(74)47(53(4,5)6)63-50(73)46(58-13)56(11,12)39-22-18-17-19-23-39/h15,17-19,21-23,25-27,30,36,41,46-47,58H,16,20,24,28-29,31-35H2,1-14H3,(H,60,68)(H,61,72)(H,62,69)(H,63,73)(H,64,71)(H3,57,59,75)/b21-15-,37-27+. The summed E-state index contributed by atoms with van der Waals surface area (Å²) < 4.78 is 22.1. The van der Waals surface area contributed by atoms with Gasteiger partial charge in [-0.1, -0.05) is 112 Å². The minimum absolute atomic E-state index is 0.00781. The molecule has 0 fully saturated rings. The summed E-state index contributed by atoms with van der Waals surface area (Å²) in [5.74, 6) is -3.52. The number of aryl methyl sites for hydroxylation is 1. The van der Waals surface area contributed by atoms with E-state index in [-0.39, 0.29) is 74.4 Å². The second-order valence-electron chi connectivity index (χ2n) is 22.5. The summed E-state index contributed by atoms with van der Waals surface area (Å²) in [6.07, 6.45) is 5.51. The van der Waals surface area contributed by atoms with Gasteiger partial charge in [0.25, 0.3) is 11.8 Å². The van der Waals surface area contributed by atoms with Gasteiger partial charge in [-0.3, -0.25) is 48.0 Å². The average molecular weight is 1110 g/mol. The maximum atomic E-state index is 13.9. The number of urea groups is 1. The molecule has 0 aliphatic carbocycles. The molecule has 0 heterocycles. The molecule has 2 rings (SSSR count). The fourth-order valence-electron chi connectivity index (χ4n) is 8.24. The maximum absolute atomic E-state index is 13.9. The number of likely N-dealkylation sites (N-methyl/N-ethyl adjacent to an activating group) is 2. The van der Waals surface area contributed by atoms with Gasteiger partial charge in [-0.25, -0.2) is 9.00 Å². The molecule has 2 aromatic rings. The van der Waals surface area contributed by atoms with Crippen LogP contribution in [0.1, 0.15) is 113 Å². The Hall–Kier alpha value is -6.78. The lowest BCUT2D eigenvalue weighted by molar-refractivity contribution is -0.139. The topological polar surface area (TPSA) is 297 Å². The van der Waals surface area contributed by atoms with Crippen molar-refractivity contribution in [1.29, 1.82) is 0 Å². The van der Waals surface area contributed by atoms with Gasteiger partial charge in [0.15, 0.2) is 11.0 Å². The molecule has 4 unspecified atom stereocenters. The van der Waals surface area contributed by atoms with E-state index in [1.165, 1.54) is 36.1 Å². The van der Waals surface area contributed by atoms with Crippen molar-refractivity contribution in [2.75, 3.05) is 58.8 Å². The SMILES string of the molecule is C/C=C\C(=O)N(C=O)CC(C)(C)COCC(C)(C)CC(=O)NCC(=O)NC(CCCNC(N)=O)C(=O)Nc1ccc(S(=O)NC(=O)/C(C)=C/CN(C)C(=O)C(NC(=O)C(NC)C(C)(C)c2ccccc2)C(C)(C)C)c(CC)c1.